The topological polar surface area (TPSA) is 88.0 Å². The average molecular weight is 464 g/mol. The van der Waals surface area contributed by atoms with Crippen LogP contribution in [0.25, 0.3) is 16.9 Å². The lowest BCUT2D eigenvalue weighted by Gasteiger charge is -2.22. The summed E-state index contributed by atoms with van der Waals surface area (Å²) < 4.78 is 15.2. The van der Waals surface area contributed by atoms with Gasteiger partial charge in [-0.1, -0.05) is 37.5 Å². The van der Waals surface area contributed by atoms with Gasteiger partial charge >= 0.3 is 6.03 Å². The molecule has 2 aromatic carbocycles. The first-order valence-corrected chi connectivity index (χ1v) is 11.8. The number of para-hydroxylation sites is 1. The van der Waals surface area contributed by atoms with E-state index in [1.54, 1.807) is 16.8 Å². The molecule has 7 nitrogen and oxygen atoms in total. The van der Waals surface area contributed by atoms with Gasteiger partial charge in [-0.2, -0.15) is 5.10 Å². The van der Waals surface area contributed by atoms with Gasteiger partial charge in [0.1, 0.15) is 5.82 Å². The molecule has 0 saturated heterocycles. The minimum absolute atomic E-state index is 0.171. The lowest BCUT2D eigenvalue weighted by Crippen LogP contribution is -2.43. The molecule has 0 radical (unpaired) electrons. The van der Waals surface area contributed by atoms with Gasteiger partial charge in [-0.3, -0.25) is 4.79 Å². The van der Waals surface area contributed by atoms with Crippen LogP contribution in [0.4, 0.5) is 9.18 Å². The Hall–Kier alpha value is -3.68. The maximum absolute atomic E-state index is 13.4. The maximum atomic E-state index is 13.4. The van der Waals surface area contributed by atoms with Gasteiger partial charge in [-0.15, -0.1) is 0 Å². The number of halogens is 1. The molecule has 0 spiro atoms. The normalized spacial score (nSPS) is 13.9. The summed E-state index contributed by atoms with van der Waals surface area (Å²) in [6.07, 6.45) is 7.60. The van der Waals surface area contributed by atoms with Gasteiger partial charge in [-0.05, 0) is 49.2 Å². The van der Waals surface area contributed by atoms with Gasteiger partial charge < -0.3 is 16.0 Å². The third kappa shape index (κ3) is 6.43. The molecule has 0 unspecified atom stereocenters. The first kappa shape index (κ1) is 23.5. The van der Waals surface area contributed by atoms with E-state index in [1.807, 2.05) is 36.5 Å². The number of aromatic nitrogens is 2. The van der Waals surface area contributed by atoms with E-state index < -0.39 is 0 Å². The Morgan fingerprint density at radius 3 is 2.44 bits per heavy atom. The maximum Gasteiger partial charge on any atom is 0.315 e. The molecule has 1 fully saturated rings. The summed E-state index contributed by atoms with van der Waals surface area (Å²) in [5.41, 5.74) is 3.14. The van der Waals surface area contributed by atoms with Crippen LogP contribution in [0.3, 0.4) is 0 Å². The SMILES string of the molecule is O=C(CCNC(=O)NC1CCCCC1)NCc1cn(-c2ccccc2)nc1-c1ccc(F)cc1. The lowest BCUT2D eigenvalue weighted by molar-refractivity contribution is -0.121. The molecule has 0 atom stereocenters. The monoisotopic (exact) mass is 463 g/mol. The van der Waals surface area contributed by atoms with Gasteiger partial charge in [0.25, 0.3) is 0 Å². The molecule has 4 rings (SSSR count). The Kier molecular flexibility index (Phi) is 7.91. The van der Waals surface area contributed by atoms with Crippen molar-refractivity contribution in [2.45, 2.75) is 51.1 Å². The fourth-order valence-electron chi connectivity index (χ4n) is 4.16. The van der Waals surface area contributed by atoms with Gasteiger partial charge in [-0.25, -0.2) is 13.9 Å². The Bertz CT molecular complexity index is 1090. The van der Waals surface area contributed by atoms with E-state index in [4.69, 9.17) is 0 Å². The van der Waals surface area contributed by atoms with Crippen LogP contribution in [0, 0.1) is 5.82 Å². The predicted octanol–water partition coefficient (Wildman–Crippen LogP) is 4.32. The summed E-state index contributed by atoms with van der Waals surface area (Å²) >= 11 is 0. The van der Waals surface area contributed by atoms with Crippen molar-refractivity contribution in [1.82, 2.24) is 25.7 Å². The zero-order valence-electron chi connectivity index (χ0n) is 19.1. The van der Waals surface area contributed by atoms with Crippen LogP contribution in [-0.4, -0.2) is 34.3 Å². The molecule has 1 aliphatic rings. The quantitative estimate of drug-likeness (QED) is 0.465. The number of hydrogen-bond acceptors (Lipinski definition) is 3. The Morgan fingerprint density at radius 2 is 1.71 bits per heavy atom. The molecule has 0 bridgehead atoms. The fourth-order valence-corrected chi connectivity index (χ4v) is 4.16. The van der Waals surface area contributed by atoms with Crippen LogP contribution in [0.15, 0.2) is 60.8 Å². The highest BCUT2D eigenvalue weighted by molar-refractivity contribution is 5.78. The molecule has 1 saturated carbocycles. The highest BCUT2D eigenvalue weighted by Crippen LogP contribution is 2.24. The highest BCUT2D eigenvalue weighted by Gasteiger charge is 2.16. The number of carbonyl (C=O) groups excluding carboxylic acids is 2. The van der Waals surface area contributed by atoms with Crippen molar-refractivity contribution in [2.24, 2.45) is 0 Å². The molecule has 178 valence electrons. The zero-order chi connectivity index (χ0) is 23.8. The first-order chi connectivity index (χ1) is 16.6. The molecule has 1 aromatic heterocycles. The molecular formula is C26H30FN5O2. The van der Waals surface area contributed by atoms with Gasteiger partial charge in [0.05, 0.1) is 11.4 Å². The highest BCUT2D eigenvalue weighted by atomic mass is 19.1. The number of hydrogen-bond donors (Lipinski definition) is 3. The molecule has 1 heterocycles. The van der Waals surface area contributed by atoms with Crippen LogP contribution in [0.5, 0.6) is 0 Å². The van der Waals surface area contributed by atoms with Crippen LogP contribution >= 0.6 is 0 Å². The van der Waals surface area contributed by atoms with E-state index >= 15 is 0 Å². The number of benzene rings is 2. The largest absolute Gasteiger partial charge is 0.352 e. The smallest absolute Gasteiger partial charge is 0.315 e. The minimum atomic E-state index is -0.318. The summed E-state index contributed by atoms with van der Waals surface area (Å²) in [5.74, 6) is -0.489. The van der Waals surface area contributed by atoms with Gasteiger partial charge in [0.2, 0.25) is 5.91 Å². The van der Waals surface area contributed by atoms with E-state index in [0.717, 1.165) is 42.5 Å². The number of urea groups is 1. The molecule has 3 N–H and O–H groups in total. The number of nitrogens with zero attached hydrogens (tertiary/aromatic N) is 2. The number of rotatable bonds is 8. The third-order valence-electron chi connectivity index (χ3n) is 5.98. The molecule has 3 aromatic rings. The van der Waals surface area contributed by atoms with E-state index in [-0.39, 0.29) is 43.3 Å². The predicted molar refractivity (Wildman–Crippen MR) is 129 cm³/mol. The van der Waals surface area contributed by atoms with Gasteiger partial charge in [0.15, 0.2) is 0 Å². The standard InChI is InChI=1S/C26H30FN5O2/c27-21-13-11-19(12-14-21)25-20(18-32(31-25)23-9-5-2-6-10-23)17-29-24(33)15-16-28-26(34)30-22-7-3-1-4-8-22/h2,5-6,9-14,18,22H,1,3-4,7-8,15-17H2,(H,29,33)(H2,28,30,34). The van der Waals surface area contributed by atoms with Crippen LogP contribution in [-0.2, 0) is 11.3 Å². The Balaban J connectivity index is 1.34. The summed E-state index contributed by atoms with van der Waals surface area (Å²) in [6.45, 7) is 0.533. The zero-order valence-corrected chi connectivity index (χ0v) is 19.1. The van der Waals surface area contributed by atoms with E-state index in [2.05, 4.69) is 21.0 Å². The van der Waals surface area contributed by atoms with Crippen molar-refractivity contribution >= 4 is 11.9 Å². The second-order valence-electron chi connectivity index (χ2n) is 8.55. The van der Waals surface area contributed by atoms with Crippen LogP contribution < -0.4 is 16.0 Å². The van der Waals surface area contributed by atoms with Crippen LogP contribution in [0.2, 0.25) is 0 Å². The van der Waals surface area contributed by atoms with Crippen molar-refractivity contribution in [1.29, 1.82) is 0 Å². The van der Waals surface area contributed by atoms with E-state index in [0.29, 0.717) is 5.69 Å². The molecule has 3 amide bonds. The summed E-state index contributed by atoms with van der Waals surface area (Å²) in [7, 11) is 0. The average Bonchev–Trinajstić information content (AvgIpc) is 3.29. The fraction of sp³-hybridized carbons (Fsp3) is 0.346. The molecule has 0 aliphatic heterocycles. The van der Waals surface area contributed by atoms with Crippen molar-refractivity contribution in [3.63, 3.8) is 0 Å². The van der Waals surface area contributed by atoms with E-state index in [1.165, 1.54) is 18.6 Å². The third-order valence-corrected chi connectivity index (χ3v) is 5.98. The Labute approximate surface area is 198 Å². The van der Waals surface area contributed by atoms with Crippen molar-refractivity contribution in [3.05, 3.63) is 72.2 Å². The molecule has 8 heteroatoms. The van der Waals surface area contributed by atoms with Crippen molar-refractivity contribution < 1.29 is 14.0 Å². The Morgan fingerprint density at radius 1 is 0.971 bits per heavy atom. The van der Waals surface area contributed by atoms with Crippen molar-refractivity contribution in [3.8, 4) is 16.9 Å². The minimum Gasteiger partial charge on any atom is -0.352 e. The summed E-state index contributed by atoms with van der Waals surface area (Å²) in [4.78, 5) is 24.4. The van der Waals surface area contributed by atoms with Crippen LogP contribution in [0.1, 0.15) is 44.1 Å². The summed E-state index contributed by atoms with van der Waals surface area (Å²) in [5, 5.41) is 13.3. The van der Waals surface area contributed by atoms with Gasteiger partial charge in [0, 0.05) is 42.9 Å². The number of nitrogens with one attached hydrogen (secondary N) is 3. The number of carbonyl (C=O) groups is 2. The molecular weight excluding hydrogens is 433 g/mol. The molecule has 1 aliphatic carbocycles. The van der Waals surface area contributed by atoms with E-state index in [9.17, 15) is 14.0 Å². The first-order valence-electron chi connectivity index (χ1n) is 11.8. The second kappa shape index (κ2) is 11.4. The lowest BCUT2D eigenvalue weighted by atomic mass is 9.96. The number of amides is 3. The summed E-state index contributed by atoms with van der Waals surface area (Å²) in [6, 6.07) is 15.8. The molecule has 34 heavy (non-hydrogen) atoms. The second-order valence-corrected chi connectivity index (χ2v) is 8.55. The van der Waals surface area contributed by atoms with Crippen molar-refractivity contribution in [2.75, 3.05) is 6.54 Å².